The van der Waals surface area contributed by atoms with Crippen LogP contribution in [0, 0.1) is 0 Å². The summed E-state index contributed by atoms with van der Waals surface area (Å²) in [6, 6.07) is 23.3. The highest BCUT2D eigenvalue weighted by Gasteiger charge is 2.59. The number of esters is 3. The maximum Gasteiger partial charge on any atom is 0.303 e. The molecular weight excluding hydrogens is 775 g/mol. The van der Waals surface area contributed by atoms with Gasteiger partial charge >= 0.3 is 17.9 Å². The second-order valence-corrected chi connectivity index (χ2v) is 15.2. The van der Waals surface area contributed by atoms with Crippen LogP contribution in [0.15, 0.2) is 84.9 Å². The van der Waals surface area contributed by atoms with Gasteiger partial charge in [0.1, 0.15) is 48.6 Å². The average molecular weight is 822 g/mol. The predicted octanol–water partition coefficient (Wildman–Crippen LogP) is 3.83. The van der Waals surface area contributed by atoms with Gasteiger partial charge in [-0.15, -0.1) is 11.8 Å². The fourth-order valence-electron chi connectivity index (χ4n) is 7.19. The Morgan fingerprint density at radius 3 is 1.83 bits per heavy atom. The number of thioether (sulfide) groups is 1. The molecule has 6 rings (SSSR count). The van der Waals surface area contributed by atoms with E-state index in [1.807, 2.05) is 67.6 Å². The number of hydrogen-bond donors (Lipinski definition) is 1. The lowest BCUT2D eigenvalue weighted by Crippen LogP contribution is -2.69. The fraction of sp³-hybridized carbons (Fsp3) is 0.452. The lowest BCUT2D eigenvalue weighted by atomic mass is 9.94. The third-order valence-corrected chi connectivity index (χ3v) is 10.8. The van der Waals surface area contributed by atoms with Crippen LogP contribution in [-0.2, 0) is 65.5 Å². The van der Waals surface area contributed by atoms with E-state index in [1.165, 1.54) is 30.8 Å². The van der Waals surface area contributed by atoms with Gasteiger partial charge in [0.05, 0.1) is 30.9 Å². The molecular formula is C42H47NO14S. The Morgan fingerprint density at radius 1 is 0.690 bits per heavy atom. The summed E-state index contributed by atoms with van der Waals surface area (Å²) in [5, 5.41) is 12.2. The van der Waals surface area contributed by atoms with Crippen molar-refractivity contribution in [2.24, 2.45) is 0 Å². The first-order chi connectivity index (χ1) is 28.0. The van der Waals surface area contributed by atoms with Gasteiger partial charge < -0.3 is 43.0 Å². The van der Waals surface area contributed by atoms with E-state index >= 15 is 0 Å². The quantitative estimate of drug-likeness (QED) is 0.125. The number of amides is 2. The summed E-state index contributed by atoms with van der Waals surface area (Å²) in [4.78, 5) is 66.7. The molecule has 3 aliphatic heterocycles. The van der Waals surface area contributed by atoms with Crippen LogP contribution in [0.1, 0.15) is 59.5 Å². The molecule has 0 radical (unpaired) electrons. The van der Waals surface area contributed by atoms with Gasteiger partial charge in [0, 0.05) is 20.8 Å². The van der Waals surface area contributed by atoms with Gasteiger partial charge in [-0.2, -0.15) is 0 Å². The zero-order chi connectivity index (χ0) is 41.3. The Labute approximate surface area is 340 Å². The SMILES string of the molecule is CCS[C@@H]1O[C@H](COCc2ccccc2)[C@H](O)[C@H](O[C@@H]2O[C@H](COC(C)=O)[C@@H](OC(C)=O)[C@H](OC(C)=O)[C@H]2N2C(=O)c3ccccc3C2=O)[C@H]1OCc1ccccc1. The molecule has 0 aliphatic carbocycles. The summed E-state index contributed by atoms with van der Waals surface area (Å²) in [5.41, 5.74) is 1.14. The molecule has 2 amide bonds. The molecule has 310 valence electrons. The van der Waals surface area contributed by atoms with Crippen molar-refractivity contribution in [3.05, 3.63) is 107 Å². The van der Waals surface area contributed by atoms with Gasteiger partial charge in [-0.3, -0.25) is 28.9 Å². The van der Waals surface area contributed by atoms with E-state index in [0.29, 0.717) is 5.75 Å². The van der Waals surface area contributed by atoms with Crippen LogP contribution in [0.3, 0.4) is 0 Å². The van der Waals surface area contributed by atoms with Gasteiger partial charge in [0.2, 0.25) is 0 Å². The van der Waals surface area contributed by atoms with E-state index in [1.54, 1.807) is 12.1 Å². The number of ether oxygens (including phenoxy) is 8. The number of fused-ring (bicyclic) bond motifs is 1. The summed E-state index contributed by atoms with van der Waals surface area (Å²) >= 11 is 1.41. The molecule has 58 heavy (non-hydrogen) atoms. The number of carbonyl (C=O) groups excluding carboxylic acids is 5. The first-order valence-corrected chi connectivity index (χ1v) is 20.0. The molecule has 2 saturated heterocycles. The summed E-state index contributed by atoms with van der Waals surface area (Å²) < 4.78 is 49.0. The van der Waals surface area contributed by atoms with Crippen LogP contribution in [0.4, 0.5) is 0 Å². The summed E-state index contributed by atoms with van der Waals surface area (Å²) in [6.07, 6.45) is -10.9. The molecule has 0 spiro atoms. The highest BCUT2D eigenvalue weighted by molar-refractivity contribution is 7.99. The smallest absolute Gasteiger partial charge is 0.303 e. The normalized spacial score (nSPS) is 28.1. The monoisotopic (exact) mass is 821 g/mol. The fourth-order valence-corrected chi connectivity index (χ4v) is 8.17. The van der Waals surface area contributed by atoms with Gasteiger partial charge in [0.25, 0.3) is 11.8 Å². The van der Waals surface area contributed by atoms with Crippen molar-refractivity contribution in [1.82, 2.24) is 4.90 Å². The molecule has 3 aliphatic rings. The number of benzene rings is 3. The Hall–Kier alpha value is -4.68. The minimum atomic E-state index is -1.70. The number of hydrogen-bond acceptors (Lipinski definition) is 15. The number of carbonyl (C=O) groups is 5. The van der Waals surface area contributed by atoms with Crippen molar-refractivity contribution in [3.63, 3.8) is 0 Å². The Kier molecular flexibility index (Phi) is 14.7. The lowest BCUT2D eigenvalue weighted by Gasteiger charge is -2.50. The standard InChI is InChI=1S/C42H47NO14S/c1-5-58-42-38(52-21-28-16-10-7-11-17-28)37(34(47)31(56-42)22-50-20-27-14-8-6-9-15-27)57-41-33(43-39(48)29-18-12-13-19-30(29)40(43)49)36(54-26(4)46)35(53-25(3)45)32(55-41)23-51-24(2)44/h6-19,31-38,41-42,47H,5,20-23H2,1-4H3/t31-,32-,33-,34+,35-,36-,37+,38-,41+,42+/m1/s1. The van der Waals surface area contributed by atoms with E-state index in [9.17, 15) is 29.1 Å². The predicted molar refractivity (Wildman–Crippen MR) is 206 cm³/mol. The van der Waals surface area contributed by atoms with Crippen LogP contribution in [0.5, 0.6) is 0 Å². The molecule has 0 bridgehead atoms. The Balaban J connectivity index is 1.42. The van der Waals surface area contributed by atoms with Crippen LogP contribution >= 0.6 is 11.8 Å². The molecule has 2 fully saturated rings. The number of nitrogens with zero attached hydrogens (tertiary/aromatic N) is 1. The highest BCUT2D eigenvalue weighted by Crippen LogP contribution is 2.39. The molecule has 1 N–H and O–H groups in total. The van der Waals surface area contributed by atoms with Crippen LogP contribution in [-0.4, -0.2) is 119 Å². The van der Waals surface area contributed by atoms with Crippen molar-refractivity contribution >= 4 is 41.5 Å². The Morgan fingerprint density at radius 2 is 1.26 bits per heavy atom. The van der Waals surface area contributed by atoms with Crippen molar-refractivity contribution < 1.29 is 67.0 Å². The minimum Gasteiger partial charge on any atom is -0.463 e. The Bertz CT molecular complexity index is 1860. The van der Waals surface area contributed by atoms with Gasteiger partial charge in [-0.05, 0) is 29.0 Å². The molecule has 3 aromatic carbocycles. The molecule has 10 atom stereocenters. The van der Waals surface area contributed by atoms with Crippen LogP contribution < -0.4 is 0 Å². The van der Waals surface area contributed by atoms with Crippen LogP contribution in [0.25, 0.3) is 0 Å². The molecule has 15 nitrogen and oxygen atoms in total. The topological polar surface area (TPSA) is 183 Å². The van der Waals surface area contributed by atoms with Crippen LogP contribution in [0.2, 0.25) is 0 Å². The zero-order valence-electron chi connectivity index (χ0n) is 32.5. The second-order valence-electron chi connectivity index (χ2n) is 13.9. The van der Waals surface area contributed by atoms with E-state index in [4.69, 9.17) is 37.9 Å². The van der Waals surface area contributed by atoms with E-state index in [0.717, 1.165) is 29.9 Å². The number of aliphatic hydroxyl groups is 1. The first kappa shape index (κ1) is 42.9. The summed E-state index contributed by atoms with van der Waals surface area (Å²) in [5.74, 6) is -3.28. The number of rotatable bonds is 16. The number of aliphatic hydroxyl groups excluding tert-OH is 1. The second kappa shape index (κ2) is 19.8. The van der Waals surface area contributed by atoms with E-state index in [-0.39, 0.29) is 30.9 Å². The average Bonchev–Trinajstić information content (AvgIpc) is 3.45. The summed E-state index contributed by atoms with van der Waals surface area (Å²) in [7, 11) is 0. The van der Waals surface area contributed by atoms with Crippen molar-refractivity contribution in [1.29, 1.82) is 0 Å². The third-order valence-electron chi connectivity index (χ3n) is 9.71. The molecule has 0 unspecified atom stereocenters. The molecule has 0 saturated carbocycles. The number of imide groups is 1. The van der Waals surface area contributed by atoms with Crippen molar-refractivity contribution in [2.75, 3.05) is 19.0 Å². The third kappa shape index (κ3) is 10.1. The maximum atomic E-state index is 14.2. The first-order valence-electron chi connectivity index (χ1n) is 18.9. The maximum absolute atomic E-state index is 14.2. The zero-order valence-corrected chi connectivity index (χ0v) is 33.3. The largest absolute Gasteiger partial charge is 0.463 e. The van der Waals surface area contributed by atoms with Crippen molar-refractivity contribution in [3.8, 4) is 0 Å². The van der Waals surface area contributed by atoms with Gasteiger partial charge in [-0.1, -0.05) is 79.7 Å². The molecule has 16 heteroatoms. The van der Waals surface area contributed by atoms with Gasteiger partial charge in [0.15, 0.2) is 18.5 Å². The van der Waals surface area contributed by atoms with E-state index in [2.05, 4.69) is 0 Å². The lowest BCUT2D eigenvalue weighted by molar-refractivity contribution is -0.328. The minimum absolute atomic E-state index is 0.0604. The van der Waals surface area contributed by atoms with Gasteiger partial charge in [-0.25, -0.2) is 0 Å². The molecule has 3 aromatic rings. The highest BCUT2D eigenvalue weighted by atomic mass is 32.2. The molecule has 0 aromatic heterocycles. The molecule has 3 heterocycles. The van der Waals surface area contributed by atoms with Crippen molar-refractivity contribution in [2.45, 2.75) is 101 Å². The van der Waals surface area contributed by atoms with E-state index < -0.39 is 96.8 Å². The summed E-state index contributed by atoms with van der Waals surface area (Å²) in [6.45, 7) is 5.08.